The van der Waals surface area contributed by atoms with Gasteiger partial charge in [0, 0.05) is 10.5 Å². The molecule has 1 N–H and O–H groups in total. The predicted octanol–water partition coefficient (Wildman–Crippen LogP) is 3.14. The highest BCUT2D eigenvalue weighted by molar-refractivity contribution is 9.10. The third-order valence-corrected chi connectivity index (χ3v) is 5.31. The van der Waals surface area contributed by atoms with E-state index in [9.17, 15) is 8.42 Å². The molecule has 0 fully saturated rings. The minimum atomic E-state index is -3.87. The van der Waals surface area contributed by atoms with Crippen molar-refractivity contribution >= 4 is 31.6 Å². The van der Waals surface area contributed by atoms with E-state index in [4.69, 9.17) is 14.7 Å². The Morgan fingerprint density at radius 2 is 1.78 bits per heavy atom. The normalized spacial score (nSPS) is 10.7. The maximum absolute atomic E-state index is 12.6. The van der Waals surface area contributed by atoms with Crippen molar-refractivity contribution in [2.75, 3.05) is 18.9 Å². The van der Waals surface area contributed by atoms with Crippen LogP contribution in [0.25, 0.3) is 0 Å². The molecule has 0 unspecified atom stereocenters. The SMILES string of the molecule is COc1cc(Br)c(S(=O)(=O)Nc2cccc(C#N)c2)cc1OC. The molecule has 8 heteroatoms. The topological polar surface area (TPSA) is 88.4 Å². The molecule has 0 heterocycles. The summed E-state index contributed by atoms with van der Waals surface area (Å²) in [6.07, 6.45) is 0. The van der Waals surface area contributed by atoms with Crippen LogP contribution in [-0.2, 0) is 10.0 Å². The van der Waals surface area contributed by atoms with Crippen LogP contribution in [0.4, 0.5) is 5.69 Å². The number of hydrogen-bond acceptors (Lipinski definition) is 5. The van der Waals surface area contributed by atoms with Gasteiger partial charge < -0.3 is 9.47 Å². The molecule has 0 radical (unpaired) electrons. The van der Waals surface area contributed by atoms with Crippen LogP contribution in [0, 0.1) is 11.3 Å². The number of rotatable bonds is 5. The van der Waals surface area contributed by atoms with Crippen LogP contribution in [0.1, 0.15) is 5.56 Å². The van der Waals surface area contributed by atoms with Gasteiger partial charge in [-0.3, -0.25) is 4.72 Å². The van der Waals surface area contributed by atoms with Crippen LogP contribution in [0.5, 0.6) is 11.5 Å². The number of nitriles is 1. The first-order chi connectivity index (χ1) is 10.9. The number of anilines is 1. The molecule has 0 amide bonds. The van der Waals surface area contributed by atoms with Crippen molar-refractivity contribution in [3.8, 4) is 17.6 Å². The average Bonchev–Trinajstić information content (AvgIpc) is 2.53. The maximum atomic E-state index is 12.6. The molecule has 0 bridgehead atoms. The van der Waals surface area contributed by atoms with Crippen LogP contribution in [0.2, 0.25) is 0 Å². The first-order valence-corrected chi connectivity index (χ1v) is 8.63. The van der Waals surface area contributed by atoms with E-state index < -0.39 is 10.0 Å². The Morgan fingerprint density at radius 3 is 2.39 bits per heavy atom. The second-order valence-corrected chi connectivity index (χ2v) is 6.94. The molecule has 0 atom stereocenters. The number of halogens is 1. The Morgan fingerprint density at radius 1 is 1.13 bits per heavy atom. The molecule has 0 spiro atoms. The van der Waals surface area contributed by atoms with E-state index in [1.165, 1.54) is 32.4 Å². The fourth-order valence-corrected chi connectivity index (χ4v) is 3.99. The zero-order valence-electron chi connectivity index (χ0n) is 12.3. The summed E-state index contributed by atoms with van der Waals surface area (Å²) >= 11 is 3.22. The summed E-state index contributed by atoms with van der Waals surface area (Å²) in [6.45, 7) is 0. The summed E-state index contributed by atoms with van der Waals surface area (Å²) in [4.78, 5) is -0.00230. The lowest BCUT2D eigenvalue weighted by atomic mass is 10.2. The molecule has 0 saturated heterocycles. The number of sulfonamides is 1. The fourth-order valence-electron chi connectivity index (χ4n) is 1.90. The van der Waals surface area contributed by atoms with Gasteiger partial charge in [-0.25, -0.2) is 8.42 Å². The lowest BCUT2D eigenvalue weighted by Crippen LogP contribution is -2.14. The highest BCUT2D eigenvalue weighted by atomic mass is 79.9. The van der Waals surface area contributed by atoms with E-state index in [1.807, 2.05) is 6.07 Å². The van der Waals surface area contributed by atoms with Gasteiger partial charge in [0.05, 0.1) is 31.5 Å². The Bertz CT molecular complexity index is 876. The molecule has 0 aliphatic carbocycles. The van der Waals surface area contributed by atoms with Crippen molar-refractivity contribution in [1.82, 2.24) is 0 Å². The number of hydrogen-bond donors (Lipinski definition) is 1. The van der Waals surface area contributed by atoms with Crippen molar-refractivity contribution in [3.63, 3.8) is 0 Å². The van der Waals surface area contributed by atoms with Gasteiger partial charge in [0.25, 0.3) is 10.0 Å². The lowest BCUT2D eigenvalue weighted by Gasteiger charge is -2.13. The van der Waals surface area contributed by atoms with Crippen LogP contribution in [0.3, 0.4) is 0 Å². The molecule has 2 aromatic carbocycles. The largest absolute Gasteiger partial charge is 0.493 e. The maximum Gasteiger partial charge on any atom is 0.263 e. The third-order valence-electron chi connectivity index (χ3n) is 2.97. The van der Waals surface area contributed by atoms with Gasteiger partial charge in [0.1, 0.15) is 4.90 Å². The summed E-state index contributed by atoms with van der Waals surface area (Å²) in [5, 5.41) is 8.88. The standard InChI is InChI=1S/C15H13BrN2O4S/c1-21-13-7-12(16)15(8-14(13)22-2)23(19,20)18-11-5-3-4-10(6-11)9-17/h3-8,18H,1-2H3. The second-order valence-electron chi connectivity index (χ2n) is 4.44. The number of ether oxygens (including phenoxy) is 2. The minimum absolute atomic E-state index is 0.00230. The predicted molar refractivity (Wildman–Crippen MR) is 89.2 cm³/mol. The molecule has 23 heavy (non-hydrogen) atoms. The molecule has 6 nitrogen and oxygen atoms in total. The number of nitrogens with one attached hydrogen (secondary N) is 1. The molecular formula is C15H13BrN2O4S. The Labute approximate surface area is 142 Å². The van der Waals surface area contributed by atoms with Gasteiger partial charge in [-0.2, -0.15) is 5.26 Å². The van der Waals surface area contributed by atoms with E-state index in [0.717, 1.165) is 0 Å². The van der Waals surface area contributed by atoms with Crippen molar-refractivity contribution < 1.29 is 17.9 Å². The number of benzene rings is 2. The van der Waals surface area contributed by atoms with Crippen LogP contribution in [0.15, 0.2) is 45.8 Å². The fraction of sp³-hybridized carbons (Fsp3) is 0.133. The summed E-state index contributed by atoms with van der Waals surface area (Å²) < 4.78 is 38.2. The van der Waals surface area contributed by atoms with Gasteiger partial charge in [-0.05, 0) is 40.2 Å². The van der Waals surface area contributed by atoms with Gasteiger partial charge in [-0.15, -0.1) is 0 Å². The van der Waals surface area contributed by atoms with Gasteiger partial charge >= 0.3 is 0 Å². The smallest absolute Gasteiger partial charge is 0.263 e. The molecule has 0 saturated carbocycles. The van der Waals surface area contributed by atoms with E-state index in [-0.39, 0.29) is 4.90 Å². The Balaban J connectivity index is 2.45. The van der Waals surface area contributed by atoms with Gasteiger partial charge in [0.15, 0.2) is 11.5 Å². The minimum Gasteiger partial charge on any atom is -0.493 e. The van der Waals surface area contributed by atoms with Crippen molar-refractivity contribution in [3.05, 3.63) is 46.4 Å². The molecule has 0 aliphatic heterocycles. The molecular weight excluding hydrogens is 384 g/mol. The average molecular weight is 397 g/mol. The lowest BCUT2D eigenvalue weighted by molar-refractivity contribution is 0.353. The summed E-state index contributed by atoms with van der Waals surface area (Å²) in [7, 11) is -0.983. The monoisotopic (exact) mass is 396 g/mol. The van der Waals surface area contributed by atoms with Crippen LogP contribution in [-0.4, -0.2) is 22.6 Å². The summed E-state index contributed by atoms with van der Waals surface area (Å²) in [5.74, 6) is 0.701. The van der Waals surface area contributed by atoms with Crippen LogP contribution < -0.4 is 14.2 Å². The van der Waals surface area contributed by atoms with Crippen molar-refractivity contribution in [1.29, 1.82) is 5.26 Å². The number of nitrogens with zero attached hydrogens (tertiary/aromatic N) is 1. The first-order valence-electron chi connectivity index (χ1n) is 6.35. The van der Waals surface area contributed by atoms with E-state index >= 15 is 0 Å². The Hall–Kier alpha value is -2.24. The second kappa shape index (κ2) is 6.89. The van der Waals surface area contributed by atoms with E-state index in [1.54, 1.807) is 18.2 Å². The molecule has 0 aliphatic rings. The molecule has 2 rings (SSSR count). The summed E-state index contributed by atoms with van der Waals surface area (Å²) in [6, 6.07) is 11.0. The van der Waals surface area contributed by atoms with Crippen molar-refractivity contribution in [2.24, 2.45) is 0 Å². The number of methoxy groups -OCH3 is 2. The van der Waals surface area contributed by atoms with Gasteiger partial charge in [-0.1, -0.05) is 6.07 Å². The van der Waals surface area contributed by atoms with Gasteiger partial charge in [0.2, 0.25) is 0 Å². The quantitative estimate of drug-likeness (QED) is 0.838. The summed E-state index contributed by atoms with van der Waals surface area (Å²) in [5.41, 5.74) is 0.655. The van der Waals surface area contributed by atoms with Crippen molar-refractivity contribution in [2.45, 2.75) is 4.90 Å². The zero-order valence-corrected chi connectivity index (χ0v) is 14.7. The van der Waals surface area contributed by atoms with Crippen LogP contribution >= 0.6 is 15.9 Å². The first kappa shape index (κ1) is 17.1. The zero-order chi connectivity index (χ0) is 17.0. The molecule has 2 aromatic rings. The van der Waals surface area contributed by atoms with E-state index in [0.29, 0.717) is 27.2 Å². The highest BCUT2D eigenvalue weighted by Crippen LogP contribution is 2.36. The molecule has 120 valence electrons. The van der Waals surface area contributed by atoms with E-state index in [2.05, 4.69) is 20.7 Å². The molecule has 0 aromatic heterocycles. The third kappa shape index (κ3) is 3.75. The highest BCUT2D eigenvalue weighted by Gasteiger charge is 2.21. The Kier molecular flexibility index (Phi) is 5.13.